The third-order valence-electron chi connectivity index (χ3n) is 1.06. The van der Waals surface area contributed by atoms with Gasteiger partial charge >= 0.3 is 0 Å². The first-order valence-corrected chi connectivity index (χ1v) is 4.62. The molecule has 0 bridgehead atoms. The van der Waals surface area contributed by atoms with Crippen LogP contribution >= 0.6 is 11.8 Å². The SMILES string of the molecule is C=CCC(O)CSC(C)C. The molecule has 0 saturated carbocycles. The molecule has 2 heteroatoms. The van der Waals surface area contributed by atoms with Crippen LogP contribution in [0.2, 0.25) is 0 Å². The van der Waals surface area contributed by atoms with E-state index >= 15 is 0 Å². The van der Waals surface area contributed by atoms with Crippen molar-refractivity contribution in [3.8, 4) is 0 Å². The Labute approximate surface area is 67.5 Å². The monoisotopic (exact) mass is 160 g/mol. The van der Waals surface area contributed by atoms with Crippen molar-refractivity contribution in [3.63, 3.8) is 0 Å². The van der Waals surface area contributed by atoms with Gasteiger partial charge in [-0.15, -0.1) is 6.58 Å². The zero-order valence-electron chi connectivity index (χ0n) is 6.71. The molecule has 1 unspecified atom stereocenters. The fourth-order valence-corrected chi connectivity index (χ4v) is 1.31. The molecular weight excluding hydrogens is 144 g/mol. The standard InChI is InChI=1S/C8H16OS/c1-4-5-8(9)6-10-7(2)3/h4,7-9H,1,5-6H2,2-3H3. The zero-order valence-corrected chi connectivity index (χ0v) is 7.53. The molecule has 0 radical (unpaired) electrons. The molecule has 0 fully saturated rings. The van der Waals surface area contributed by atoms with Crippen LogP contribution in [0.25, 0.3) is 0 Å². The number of aliphatic hydroxyl groups is 1. The lowest BCUT2D eigenvalue weighted by Crippen LogP contribution is -2.09. The smallest absolute Gasteiger partial charge is 0.0664 e. The molecule has 1 nitrogen and oxygen atoms in total. The number of aliphatic hydroxyl groups excluding tert-OH is 1. The molecule has 0 amide bonds. The average molecular weight is 160 g/mol. The Morgan fingerprint density at radius 1 is 1.60 bits per heavy atom. The summed E-state index contributed by atoms with van der Waals surface area (Å²) in [6.07, 6.45) is 2.26. The van der Waals surface area contributed by atoms with Gasteiger partial charge in [-0.05, 0) is 11.7 Å². The normalized spacial score (nSPS) is 13.6. The van der Waals surface area contributed by atoms with E-state index in [9.17, 15) is 5.11 Å². The van der Waals surface area contributed by atoms with Crippen molar-refractivity contribution in [2.75, 3.05) is 5.75 Å². The minimum absolute atomic E-state index is 0.204. The Kier molecular flexibility index (Phi) is 5.84. The van der Waals surface area contributed by atoms with Crippen molar-refractivity contribution >= 4 is 11.8 Å². The maximum Gasteiger partial charge on any atom is 0.0664 e. The third kappa shape index (κ3) is 6.17. The van der Waals surface area contributed by atoms with E-state index in [1.807, 2.05) is 0 Å². The summed E-state index contributed by atoms with van der Waals surface area (Å²) in [5.74, 6) is 0.823. The molecular formula is C8H16OS. The highest BCUT2D eigenvalue weighted by Crippen LogP contribution is 2.11. The molecule has 0 aliphatic heterocycles. The van der Waals surface area contributed by atoms with Crippen molar-refractivity contribution in [1.82, 2.24) is 0 Å². The number of hydrogen-bond acceptors (Lipinski definition) is 2. The molecule has 0 aliphatic carbocycles. The van der Waals surface area contributed by atoms with Gasteiger partial charge in [-0.2, -0.15) is 11.8 Å². The van der Waals surface area contributed by atoms with Crippen molar-refractivity contribution in [2.45, 2.75) is 31.6 Å². The maximum atomic E-state index is 9.21. The van der Waals surface area contributed by atoms with E-state index in [0.717, 1.165) is 5.75 Å². The van der Waals surface area contributed by atoms with Gasteiger partial charge in [0.2, 0.25) is 0 Å². The molecule has 1 N–H and O–H groups in total. The lowest BCUT2D eigenvalue weighted by Gasteiger charge is -2.08. The second-order valence-corrected chi connectivity index (χ2v) is 4.17. The zero-order chi connectivity index (χ0) is 7.98. The average Bonchev–Trinajstić information content (AvgIpc) is 1.85. The van der Waals surface area contributed by atoms with Gasteiger partial charge in [-0.1, -0.05) is 19.9 Å². The second-order valence-electron chi connectivity index (χ2n) is 2.56. The lowest BCUT2D eigenvalue weighted by atomic mass is 10.3. The van der Waals surface area contributed by atoms with E-state index in [0.29, 0.717) is 11.7 Å². The van der Waals surface area contributed by atoms with E-state index in [2.05, 4.69) is 20.4 Å². The van der Waals surface area contributed by atoms with Gasteiger partial charge in [0.05, 0.1) is 6.10 Å². The summed E-state index contributed by atoms with van der Waals surface area (Å²) >= 11 is 1.78. The molecule has 0 spiro atoms. The van der Waals surface area contributed by atoms with Crippen LogP contribution in [0.3, 0.4) is 0 Å². The molecule has 0 aromatic heterocycles. The Morgan fingerprint density at radius 2 is 2.20 bits per heavy atom. The third-order valence-corrected chi connectivity index (χ3v) is 2.30. The highest BCUT2D eigenvalue weighted by Gasteiger charge is 2.02. The van der Waals surface area contributed by atoms with Crippen LogP contribution in [0.5, 0.6) is 0 Å². The maximum absolute atomic E-state index is 9.21. The molecule has 0 rings (SSSR count). The quantitative estimate of drug-likeness (QED) is 0.621. The first kappa shape index (κ1) is 10.0. The molecule has 0 heterocycles. The summed E-state index contributed by atoms with van der Waals surface area (Å²) in [6, 6.07) is 0. The second kappa shape index (κ2) is 5.81. The summed E-state index contributed by atoms with van der Waals surface area (Å²) in [6.45, 7) is 7.82. The van der Waals surface area contributed by atoms with E-state index in [1.54, 1.807) is 17.8 Å². The Balaban J connectivity index is 3.20. The fourth-order valence-electron chi connectivity index (χ4n) is 0.564. The molecule has 0 saturated heterocycles. The van der Waals surface area contributed by atoms with Gasteiger partial charge in [-0.3, -0.25) is 0 Å². The van der Waals surface area contributed by atoms with Gasteiger partial charge in [-0.25, -0.2) is 0 Å². The van der Waals surface area contributed by atoms with E-state index < -0.39 is 0 Å². The largest absolute Gasteiger partial charge is 0.392 e. The predicted octanol–water partition coefficient (Wildman–Crippen LogP) is 2.06. The van der Waals surface area contributed by atoms with Gasteiger partial charge in [0.25, 0.3) is 0 Å². The molecule has 0 aromatic rings. The fraction of sp³-hybridized carbons (Fsp3) is 0.750. The number of hydrogen-bond donors (Lipinski definition) is 1. The highest BCUT2D eigenvalue weighted by atomic mass is 32.2. The molecule has 60 valence electrons. The van der Waals surface area contributed by atoms with E-state index in [4.69, 9.17) is 0 Å². The van der Waals surface area contributed by atoms with Crippen LogP contribution in [0.15, 0.2) is 12.7 Å². The van der Waals surface area contributed by atoms with Crippen LogP contribution < -0.4 is 0 Å². The highest BCUT2D eigenvalue weighted by molar-refractivity contribution is 7.99. The molecule has 10 heavy (non-hydrogen) atoms. The Hall–Kier alpha value is 0.0500. The van der Waals surface area contributed by atoms with Crippen molar-refractivity contribution in [3.05, 3.63) is 12.7 Å². The molecule has 1 atom stereocenters. The van der Waals surface area contributed by atoms with Gasteiger partial charge in [0, 0.05) is 5.75 Å². The summed E-state index contributed by atoms with van der Waals surface area (Å²) in [4.78, 5) is 0. The first-order valence-electron chi connectivity index (χ1n) is 3.57. The number of rotatable bonds is 5. The van der Waals surface area contributed by atoms with Crippen LogP contribution in [-0.4, -0.2) is 22.2 Å². The van der Waals surface area contributed by atoms with Gasteiger partial charge < -0.3 is 5.11 Å². The van der Waals surface area contributed by atoms with Crippen molar-refractivity contribution in [2.24, 2.45) is 0 Å². The summed E-state index contributed by atoms with van der Waals surface area (Å²) in [5.41, 5.74) is 0. The van der Waals surface area contributed by atoms with Crippen molar-refractivity contribution < 1.29 is 5.11 Å². The van der Waals surface area contributed by atoms with E-state index in [1.165, 1.54) is 0 Å². The summed E-state index contributed by atoms with van der Waals surface area (Å²) in [7, 11) is 0. The summed E-state index contributed by atoms with van der Waals surface area (Å²) < 4.78 is 0. The minimum atomic E-state index is -0.204. The van der Waals surface area contributed by atoms with Crippen LogP contribution in [0, 0.1) is 0 Å². The van der Waals surface area contributed by atoms with Crippen LogP contribution in [-0.2, 0) is 0 Å². The van der Waals surface area contributed by atoms with Crippen LogP contribution in [0.1, 0.15) is 20.3 Å². The van der Waals surface area contributed by atoms with Crippen LogP contribution in [0.4, 0.5) is 0 Å². The Bertz CT molecular complexity index is 91.3. The Morgan fingerprint density at radius 3 is 2.60 bits per heavy atom. The van der Waals surface area contributed by atoms with Gasteiger partial charge in [0.1, 0.15) is 0 Å². The lowest BCUT2D eigenvalue weighted by molar-refractivity contribution is 0.203. The number of thioether (sulfide) groups is 1. The minimum Gasteiger partial charge on any atom is -0.392 e. The van der Waals surface area contributed by atoms with Crippen molar-refractivity contribution in [1.29, 1.82) is 0 Å². The molecule has 0 aliphatic rings. The topological polar surface area (TPSA) is 20.2 Å². The predicted molar refractivity (Wildman–Crippen MR) is 48.4 cm³/mol. The van der Waals surface area contributed by atoms with Gasteiger partial charge in [0.15, 0.2) is 0 Å². The van der Waals surface area contributed by atoms with E-state index in [-0.39, 0.29) is 6.10 Å². The first-order chi connectivity index (χ1) is 4.66. The molecule has 0 aromatic carbocycles. The summed E-state index contributed by atoms with van der Waals surface area (Å²) in [5, 5.41) is 9.82.